The van der Waals surface area contributed by atoms with E-state index in [1.54, 1.807) is 12.4 Å². The van der Waals surface area contributed by atoms with E-state index in [0.29, 0.717) is 17.8 Å². The van der Waals surface area contributed by atoms with Crippen molar-refractivity contribution >= 4 is 17.4 Å². The Kier molecular flexibility index (Phi) is 6.05. The van der Waals surface area contributed by atoms with E-state index in [0.717, 1.165) is 18.7 Å². The number of nitrogens with one attached hydrogen (secondary N) is 1. The quantitative estimate of drug-likeness (QED) is 0.763. The third-order valence-corrected chi connectivity index (χ3v) is 2.40. The van der Waals surface area contributed by atoms with E-state index in [4.69, 9.17) is 16.3 Å². The number of ether oxygens (including phenoxy) is 1. The number of rotatable bonds is 7. The van der Waals surface area contributed by atoms with Crippen LogP contribution in [-0.2, 0) is 0 Å². The van der Waals surface area contributed by atoms with Gasteiger partial charge in [-0.3, -0.25) is 4.98 Å². The van der Waals surface area contributed by atoms with E-state index in [1.165, 1.54) is 0 Å². The number of anilines is 1. The predicted molar refractivity (Wildman–Crippen MR) is 70.8 cm³/mol. The van der Waals surface area contributed by atoms with E-state index in [-0.39, 0.29) is 6.10 Å². The first-order chi connectivity index (χ1) is 8.11. The summed E-state index contributed by atoms with van der Waals surface area (Å²) < 4.78 is 5.48. The van der Waals surface area contributed by atoms with Gasteiger partial charge >= 0.3 is 0 Å². The normalized spacial score (nSPS) is 12.5. The zero-order valence-corrected chi connectivity index (χ0v) is 11.4. The number of halogens is 1. The van der Waals surface area contributed by atoms with Crippen molar-refractivity contribution in [2.24, 2.45) is 0 Å². The van der Waals surface area contributed by atoms with Gasteiger partial charge in [0.15, 0.2) is 0 Å². The maximum absolute atomic E-state index is 5.66. The Hall–Kier alpha value is -1.03. The van der Waals surface area contributed by atoms with Crippen molar-refractivity contribution in [1.82, 2.24) is 9.97 Å². The second kappa shape index (κ2) is 7.33. The van der Waals surface area contributed by atoms with Gasteiger partial charge in [0, 0.05) is 11.9 Å². The molecule has 0 saturated heterocycles. The van der Waals surface area contributed by atoms with Crippen LogP contribution in [-0.4, -0.2) is 28.0 Å². The lowest BCUT2D eigenvalue weighted by molar-refractivity contribution is 0.232. The first-order valence-corrected chi connectivity index (χ1v) is 6.46. The number of hydrogen-bond donors (Lipinski definition) is 1. The van der Waals surface area contributed by atoms with Crippen LogP contribution >= 0.6 is 11.6 Å². The van der Waals surface area contributed by atoms with Gasteiger partial charge in [0.05, 0.1) is 18.5 Å². The molecule has 1 N–H and O–H groups in total. The van der Waals surface area contributed by atoms with Crippen molar-refractivity contribution in [1.29, 1.82) is 0 Å². The smallest absolute Gasteiger partial charge is 0.234 e. The maximum atomic E-state index is 5.66. The molecule has 4 nitrogen and oxygen atoms in total. The van der Waals surface area contributed by atoms with Crippen LogP contribution in [0.2, 0.25) is 0 Å². The third-order valence-electron chi connectivity index (χ3n) is 2.13. The summed E-state index contributed by atoms with van der Waals surface area (Å²) in [5, 5.41) is 3.28. The lowest BCUT2D eigenvalue weighted by Crippen LogP contribution is -2.17. The highest BCUT2D eigenvalue weighted by Crippen LogP contribution is 2.12. The molecule has 1 heterocycles. The van der Waals surface area contributed by atoms with Crippen molar-refractivity contribution in [3.63, 3.8) is 0 Å². The molecular formula is C12H20ClN3O. The molecule has 96 valence electrons. The first-order valence-electron chi connectivity index (χ1n) is 5.93. The molecule has 0 spiro atoms. The minimum absolute atomic E-state index is 0.105. The Balaban J connectivity index is 2.53. The van der Waals surface area contributed by atoms with Crippen molar-refractivity contribution in [2.75, 3.05) is 11.2 Å². The van der Waals surface area contributed by atoms with Crippen molar-refractivity contribution in [3.8, 4) is 5.88 Å². The summed E-state index contributed by atoms with van der Waals surface area (Å²) in [5.41, 5.74) is 0. The van der Waals surface area contributed by atoms with Crippen LogP contribution in [0.1, 0.15) is 33.6 Å². The van der Waals surface area contributed by atoms with Crippen molar-refractivity contribution < 1.29 is 4.74 Å². The van der Waals surface area contributed by atoms with Crippen LogP contribution in [0.3, 0.4) is 0 Å². The van der Waals surface area contributed by atoms with Crippen molar-refractivity contribution in [3.05, 3.63) is 12.4 Å². The van der Waals surface area contributed by atoms with E-state index in [1.807, 2.05) is 13.8 Å². The monoisotopic (exact) mass is 257 g/mol. The fraction of sp³-hybridized carbons (Fsp3) is 0.667. The van der Waals surface area contributed by atoms with Crippen molar-refractivity contribution in [2.45, 2.75) is 45.8 Å². The van der Waals surface area contributed by atoms with Crippen LogP contribution in [0.15, 0.2) is 12.4 Å². The van der Waals surface area contributed by atoms with Crippen LogP contribution in [0, 0.1) is 0 Å². The standard InChI is InChI=1S/C12H20ClN3O/c1-9(2)17-12-8-14-7-11(16-12)15-10(3)5-4-6-13/h7-10H,4-6H2,1-3H3,(H,15,16). The Morgan fingerprint density at radius 2 is 2.12 bits per heavy atom. The molecule has 0 bridgehead atoms. The van der Waals surface area contributed by atoms with Crippen LogP contribution < -0.4 is 10.1 Å². The van der Waals surface area contributed by atoms with Gasteiger partial charge in [0.1, 0.15) is 5.82 Å². The lowest BCUT2D eigenvalue weighted by atomic mass is 10.2. The molecule has 1 aromatic rings. The highest BCUT2D eigenvalue weighted by atomic mass is 35.5. The SMILES string of the molecule is CC(CCCCl)Nc1cncc(OC(C)C)n1. The second-order valence-electron chi connectivity index (χ2n) is 4.29. The molecule has 5 heteroatoms. The van der Waals surface area contributed by atoms with E-state index >= 15 is 0 Å². The Bertz CT molecular complexity index is 333. The fourth-order valence-electron chi connectivity index (χ4n) is 1.42. The minimum atomic E-state index is 0.105. The minimum Gasteiger partial charge on any atom is -0.474 e. The molecule has 1 atom stereocenters. The van der Waals surface area contributed by atoms with Gasteiger partial charge in [-0.25, -0.2) is 0 Å². The summed E-state index contributed by atoms with van der Waals surface area (Å²) in [6, 6.07) is 0.331. The fourth-order valence-corrected chi connectivity index (χ4v) is 1.58. The van der Waals surface area contributed by atoms with Gasteiger partial charge in [-0.2, -0.15) is 4.98 Å². The van der Waals surface area contributed by atoms with E-state index < -0.39 is 0 Å². The first kappa shape index (κ1) is 14.0. The van der Waals surface area contributed by atoms with Gasteiger partial charge in [-0.1, -0.05) is 0 Å². The molecule has 0 aliphatic heterocycles. The lowest BCUT2D eigenvalue weighted by Gasteiger charge is -2.14. The molecule has 0 aliphatic rings. The topological polar surface area (TPSA) is 47.0 Å². The zero-order chi connectivity index (χ0) is 12.7. The van der Waals surface area contributed by atoms with Gasteiger partial charge in [0.2, 0.25) is 5.88 Å². The summed E-state index contributed by atoms with van der Waals surface area (Å²) in [5.74, 6) is 1.98. The number of alkyl halides is 1. The summed E-state index contributed by atoms with van der Waals surface area (Å²) in [7, 11) is 0. The van der Waals surface area contributed by atoms with Crippen LogP contribution in [0.5, 0.6) is 5.88 Å². The predicted octanol–water partition coefficient (Wildman–Crippen LogP) is 3.08. The molecule has 0 amide bonds. The molecule has 17 heavy (non-hydrogen) atoms. The summed E-state index contributed by atoms with van der Waals surface area (Å²) in [4.78, 5) is 8.43. The Labute approximate surface area is 108 Å². The Morgan fingerprint density at radius 3 is 2.76 bits per heavy atom. The molecule has 0 radical (unpaired) electrons. The zero-order valence-electron chi connectivity index (χ0n) is 10.6. The van der Waals surface area contributed by atoms with Crippen LogP contribution in [0.4, 0.5) is 5.82 Å². The number of hydrogen-bond acceptors (Lipinski definition) is 4. The average molecular weight is 258 g/mol. The van der Waals surface area contributed by atoms with Gasteiger partial charge in [0.25, 0.3) is 0 Å². The third kappa shape index (κ3) is 5.73. The highest BCUT2D eigenvalue weighted by molar-refractivity contribution is 6.17. The molecule has 1 unspecified atom stereocenters. The molecule has 0 fully saturated rings. The van der Waals surface area contributed by atoms with Gasteiger partial charge in [-0.05, 0) is 33.6 Å². The molecule has 0 aromatic carbocycles. The molecule has 0 saturated carbocycles. The maximum Gasteiger partial charge on any atom is 0.234 e. The number of aromatic nitrogens is 2. The molecular weight excluding hydrogens is 238 g/mol. The van der Waals surface area contributed by atoms with E-state index in [9.17, 15) is 0 Å². The molecule has 0 aliphatic carbocycles. The Morgan fingerprint density at radius 1 is 1.35 bits per heavy atom. The van der Waals surface area contributed by atoms with E-state index in [2.05, 4.69) is 22.2 Å². The second-order valence-corrected chi connectivity index (χ2v) is 4.66. The van der Waals surface area contributed by atoms with Gasteiger partial charge < -0.3 is 10.1 Å². The summed E-state index contributed by atoms with van der Waals surface area (Å²) in [6.45, 7) is 6.03. The van der Waals surface area contributed by atoms with Crippen LogP contribution in [0.25, 0.3) is 0 Å². The largest absolute Gasteiger partial charge is 0.474 e. The number of nitrogens with zero attached hydrogens (tertiary/aromatic N) is 2. The molecule has 1 aromatic heterocycles. The molecule has 1 rings (SSSR count). The highest BCUT2D eigenvalue weighted by Gasteiger charge is 2.05. The summed E-state index contributed by atoms with van der Waals surface area (Å²) >= 11 is 5.66. The van der Waals surface area contributed by atoms with Gasteiger partial charge in [-0.15, -0.1) is 11.6 Å². The average Bonchev–Trinajstić information content (AvgIpc) is 2.26. The summed E-state index contributed by atoms with van der Waals surface area (Å²) in [6.07, 6.45) is 5.43.